The Hall–Kier alpha value is -0.0826. The first kappa shape index (κ1) is 17.9. The van der Waals surface area contributed by atoms with Gasteiger partial charge < -0.3 is 0 Å². The van der Waals surface area contributed by atoms with Crippen LogP contribution in [0.1, 0.15) is 52.9 Å². The van der Waals surface area contributed by atoms with Crippen LogP contribution in [0.25, 0.3) is 0 Å². The zero-order valence-electron chi connectivity index (χ0n) is 12.8. The SMILES string of the molecule is CCC(C)PC(=O)c1c(C)cc(C)c(C)c1C.[Li]. The second-order valence-electron chi connectivity index (χ2n) is 4.92. The van der Waals surface area contributed by atoms with Gasteiger partial charge in [-0.3, -0.25) is 4.79 Å². The van der Waals surface area contributed by atoms with Gasteiger partial charge in [-0.2, -0.15) is 0 Å². The average Bonchev–Trinajstić information content (AvgIpc) is 2.25. The molecule has 0 N–H and O–H groups in total. The van der Waals surface area contributed by atoms with E-state index in [4.69, 9.17) is 0 Å². The van der Waals surface area contributed by atoms with Gasteiger partial charge in [-0.15, -0.1) is 0 Å². The van der Waals surface area contributed by atoms with E-state index in [0.717, 1.165) is 17.5 Å². The predicted molar refractivity (Wildman–Crippen MR) is 83.5 cm³/mol. The van der Waals surface area contributed by atoms with Crippen molar-refractivity contribution in [3.63, 3.8) is 0 Å². The molecule has 0 aliphatic rings. The first-order valence-corrected chi connectivity index (χ1v) is 7.34. The van der Waals surface area contributed by atoms with E-state index in [2.05, 4.69) is 40.7 Å². The molecule has 18 heavy (non-hydrogen) atoms. The molecule has 0 heterocycles. The topological polar surface area (TPSA) is 17.1 Å². The van der Waals surface area contributed by atoms with Crippen LogP contribution in [0.5, 0.6) is 0 Å². The van der Waals surface area contributed by atoms with E-state index in [1.54, 1.807) is 0 Å². The third kappa shape index (κ3) is 3.96. The fraction of sp³-hybridized carbons (Fsp3) is 0.533. The van der Waals surface area contributed by atoms with Crippen LogP contribution in [0.15, 0.2) is 6.07 Å². The number of hydrogen-bond acceptors (Lipinski definition) is 1. The summed E-state index contributed by atoms with van der Waals surface area (Å²) in [4.78, 5) is 12.3. The fourth-order valence-corrected chi connectivity index (χ4v) is 3.21. The molecule has 1 aromatic carbocycles. The molecule has 2 unspecified atom stereocenters. The van der Waals surface area contributed by atoms with Crippen molar-refractivity contribution in [2.75, 3.05) is 0 Å². The molecule has 1 nitrogen and oxygen atoms in total. The van der Waals surface area contributed by atoms with Crippen molar-refractivity contribution in [3.05, 3.63) is 33.9 Å². The zero-order chi connectivity index (χ0) is 13.2. The molecular formula is C15H23LiOP. The molecule has 0 amide bonds. The Morgan fingerprint density at radius 1 is 1.17 bits per heavy atom. The van der Waals surface area contributed by atoms with Crippen LogP contribution in [0.3, 0.4) is 0 Å². The van der Waals surface area contributed by atoms with Crippen molar-refractivity contribution >= 4 is 33.0 Å². The fourth-order valence-electron chi connectivity index (χ4n) is 2.03. The van der Waals surface area contributed by atoms with Crippen molar-refractivity contribution in [1.29, 1.82) is 0 Å². The molecule has 2 atom stereocenters. The van der Waals surface area contributed by atoms with Crippen molar-refractivity contribution in [2.45, 2.75) is 53.6 Å². The molecule has 0 spiro atoms. The molecule has 0 saturated carbocycles. The number of benzene rings is 1. The van der Waals surface area contributed by atoms with Gasteiger partial charge in [-0.25, -0.2) is 0 Å². The molecule has 1 radical (unpaired) electrons. The van der Waals surface area contributed by atoms with Gasteiger partial charge in [-0.1, -0.05) is 19.9 Å². The molecule has 0 aliphatic carbocycles. The minimum Gasteiger partial charge on any atom is -0.289 e. The van der Waals surface area contributed by atoms with E-state index in [1.165, 1.54) is 16.7 Å². The van der Waals surface area contributed by atoms with Crippen molar-refractivity contribution in [1.82, 2.24) is 0 Å². The number of hydrogen-bond donors (Lipinski definition) is 0. The minimum atomic E-state index is 0. The second-order valence-corrected chi connectivity index (χ2v) is 6.65. The first-order chi connectivity index (χ1) is 7.88. The molecule has 95 valence electrons. The Bertz CT molecular complexity index is 441. The van der Waals surface area contributed by atoms with Gasteiger partial charge in [0.05, 0.1) is 0 Å². The smallest absolute Gasteiger partial charge is 0.181 e. The summed E-state index contributed by atoms with van der Waals surface area (Å²) in [6.07, 6.45) is 1.08. The van der Waals surface area contributed by atoms with Gasteiger partial charge >= 0.3 is 0 Å². The summed E-state index contributed by atoms with van der Waals surface area (Å²) >= 11 is 0. The number of carbonyl (C=O) groups excluding carboxylic acids is 1. The van der Waals surface area contributed by atoms with Gasteiger partial charge in [0.1, 0.15) is 0 Å². The summed E-state index contributed by atoms with van der Waals surface area (Å²) in [5, 5.41) is 0. The van der Waals surface area contributed by atoms with Crippen LogP contribution in [0.4, 0.5) is 0 Å². The Morgan fingerprint density at radius 2 is 1.72 bits per heavy atom. The standard InChI is InChI=1S/C15H23OP.Li/c1-7-11(4)17-15(16)14-10(3)8-9(2)12(5)13(14)6;/h8,11,17H,7H2,1-6H3;. The molecular weight excluding hydrogens is 234 g/mol. The molecule has 1 aromatic rings. The van der Waals surface area contributed by atoms with Crippen LogP contribution in [-0.4, -0.2) is 30.0 Å². The molecule has 0 aromatic heterocycles. The number of rotatable bonds is 4. The summed E-state index contributed by atoms with van der Waals surface area (Å²) in [7, 11) is 0.404. The Kier molecular flexibility index (Phi) is 7.46. The van der Waals surface area contributed by atoms with Gasteiger partial charge in [-0.05, 0) is 70.6 Å². The van der Waals surface area contributed by atoms with Crippen LogP contribution in [-0.2, 0) is 0 Å². The summed E-state index contributed by atoms with van der Waals surface area (Å²) < 4.78 is 0. The first-order valence-electron chi connectivity index (χ1n) is 6.26. The second kappa shape index (κ2) is 7.49. The predicted octanol–water partition coefficient (Wildman–Crippen LogP) is 4.16. The molecule has 0 aliphatic heterocycles. The summed E-state index contributed by atoms with van der Waals surface area (Å²) in [6, 6.07) is 2.14. The van der Waals surface area contributed by atoms with Gasteiger partial charge in [0.25, 0.3) is 0 Å². The van der Waals surface area contributed by atoms with E-state index in [9.17, 15) is 4.79 Å². The Labute approximate surface area is 125 Å². The average molecular weight is 257 g/mol. The summed E-state index contributed by atoms with van der Waals surface area (Å²) in [6.45, 7) is 12.6. The van der Waals surface area contributed by atoms with Crippen molar-refractivity contribution < 1.29 is 4.79 Å². The zero-order valence-corrected chi connectivity index (χ0v) is 13.8. The minimum absolute atomic E-state index is 0. The maximum atomic E-state index is 12.3. The van der Waals surface area contributed by atoms with Crippen LogP contribution >= 0.6 is 8.58 Å². The maximum Gasteiger partial charge on any atom is 0.181 e. The van der Waals surface area contributed by atoms with Crippen molar-refractivity contribution in [3.8, 4) is 0 Å². The summed E-state index contributed by atoms with van der Waals surface area (Å²) in [5.74, 6) is 0. The third-order valence-corrected chi connectivity index (χ3v) is 4.99. The molecule has 0 bridgehead atoms. The van der Waals surface area contributed by atoms with Gasteiger partial charge in [0, 0.05) is 24.4 Å². The van der Waals surface area contributed by atoms with Gasteiger partial charge in [0.2, 0.25) is 0 Å². The molecule has 0 saturated heterocycles. The van der Waals surface area contributed by atoms with Gasteiger partial charge in [0.15, 0.2) is 5.52 Å². The molecule has 3 heteroatoms. The molecule has 0 fully saturated rings. The quantitative estimate of drug-likeness (QED) is 0.584. The Morgan fingerprint density at radius 3 is 2.22 bits per heavy atom. The molecule has 1 rings (SSSR count). The van der Waals surface area contributed by atoms with E-state index in [-0.39, 0.29) is 18.9 Å². The van der Waals surface area contributed by atoms with Crippen LogP contribution in [0.2, 0.25) is 0 Å². The van der Waals surface area contributed by atoms with E-state index in [0.29, 0.717) is 19.8 Å². The maximum absolute atomic E-state index is 12.3. The third-order valence-electron chi connectivity index (χ3n) is 3.57. The van der Waals surface area contributed by atoms with E-state index >= 15 is 0 Å². The number of carbonyl (C=O) groups is 1. The Balaban J connectivity index is 0.00000289. The number of aryl methyl sites for hydroxylation is 2. The largest absolute Gasteiger partial charge is 0.289 e. The van der Waals surface area contributed by atoms with E-state index in [1.807, 2.05) is 6.92 Å². The van der Waals surface area contributed by atoms with Crippen LogP contribution < -0.4 is 0 Å². The normalized spacial score (nSPS) is 12.6. The summed E-state index contributed by atoms with van der Waals surface area (Å²) in [5.41, 5.74) is 6.64. The van der Waals surface area contributed by atoms with E-state index < -0.39 is 0 Å². The van der Waals surface area contributed by atoms with Crippen LogP contribution in [0, 0.1) is 27.7 Å². The van der Waals surface area contributed by atoms with Crippen molar-refractivity contribution in [2.24, 2.45) is 0 Å². The monoisotopic (exact) mass is 257 g/mol.